The maximum Gasteiger partial charge on any atom is 0.342 e. The highest BCUT2D eigenvalue weighted by molar-refractivity contribution is 5.94. The van der Waals surface area contributed by atoms with Crippen LogP contribution in [0.1, 0.15) is 22.8 Å². The van der Waals surface area contributed by atoms with Crippen molar-refractivity contribution in [3.8, 4) is 11.5 Å². The van der Waals surface area contributed by atoms with E-state index in [9.17, 15) is 9.59 Å². The molecule has 0 aliphatic heterocycles. The van der Waals surface area contributed by atoms with Crippen LogP contribution in [0.15, 0.2) is 48.5 Å². The molecule has 1 amide bonds. The van der Waals surface area contributed by atoms with Gasteiger partial charge in [0.15, 0.2) is 6.10 Å². The largest absolute Gasteiger partial charge is 0.497 e. The van der Waals surface area contributed by atoms with Gasteiger partial charge in [0.1, 0.15) is 17.1 Å². The molecule has 25 heavy (non-hydrogen) atoms. The van der Waals surface area contributed by atoms with Crippen molar-refractivity contribution >= 4 is 11.9 Å². The van der Waals surface area contributed by atoms with Crippen LogP contribution in [-0.4, -0.2) is 32.2 Å². The highest BCUT2D eigenvalue weighted by Crippen LogP contribution is 2.25. The molecule has 2 rings (SSSR count). The summed E-state index contributed by atoms with van der Waals surface area (Å²) in [7, 11) is 2.97. The number of carbonyl (C=O) groups excluding carboxylic acids is 2. The molecule has 0 fully saturated rings. The Morgan fingerprint density at radius 3 is 2.40 bits per heavy atom. The van der Waals surface area contributed by atoms with Gasteiger partial charge < -0.3 is 19.5 Å². The molecule has 0 spiro atoms. The summed E-state index contributed by atoms with van der Waals surface area (Å²) in [4.78, 5) is 24.4. The topological polar surface area (TPSA) is 73.9 Å². The number of nitrogens with one attached hydrogen (secondary N) is 1. The van der Waals surface area contributed by atoms with Crippen molar-refractivity contribution in [2.75, 3.05) is 14.2 Å². The number of benzene rings is 2. The summed E-state index contributed by atoms with van der Waals surface area (Å²) in [6.45, 7) is 1.89. The molecule has 0 unspecified atom stereocenters. The lowest BCUT2D eigenvalue weighted by Crippen LogP contribution is -2.35. The van der Waals surface area contributed by atoms with Crippen molar-refractivity contribution in [3.63, 3.8) is 0 Å². The van der Waals surface area contributed by atoms with Gasteiger partial charge in [-0.25, -0.2) is 4.79 Å². The Bertz CT molecular complexity index is 730. The van der Waals surface area contributed by atoms with Crippen molar-refractivity contribution in [1.29, 1.82) is 0 Å². The zero-order valence-corrected chi connectivity index (χ0v) is 14.4. The summed E-state index contributed by atoms with van der Waals surface area (Å²) in [5.74, 6) is -0.130. The molecule has 1 atom stereocenters. The quantitative estimate of drug-likeness (QED) is 0.782. The van der Waals surface area contributed by atoms with Gasteiger partial charge in [-0.3, -0.25) is 4.79 Å². The van der Waals surface area contributed by atoms with Gasteiger partial charge in [-0.15, -0.1) is 0 Å². The van der Waals surface area contributed by atoms with E-state index in [-0.39, 0.29) is 11.5 Å². The van der Waals surface area contributed by atoms with E-state index in [1.54, 1.807) is 12.1 Å². The highest BCUT2D eigenvalue weighted by atomic mass is 16.5. The van der Waals surface area contributed by atoms with Crippen LogP contribution in [-0.2, 0) is 16.1 Å². The molecule has 6 nitrogen and oxygen atoms in total. The minimum Gasteiger partial charge on any atom is -0.497 e. The Labute approximate surface area is 146 Å². The minimum atomic E-state index is -0.928. The molecule has 0 aliphatic rings. The van der Waals surface area contributed by atoms with E-state index < -0.39 is 12.1 Å². The van der Waals surface area contributed by atoms with Crippen molar-refractivity contribution in [1.82, 2.24) is 5.32 Å². The van der Waals surface area contributed by atoms with Crippen LogP contribution in [0.3, 0.4) is 0 Å². The van der Waals surface area contributed by atoms with Gasteiger partial charge in [0, 0.05) is 12.6 Å². The molecule has 0 bridgehead atoms. The van der Waals surface area contributed by atoms with Gasteiger partial charge in [0.05, 0.1) is 14.2 Å². The highest BCUT2D eigenvalue weighted by Gasteiger charge is 2.21. The number of ether oxygens (including phenoxy) is 3. The summed E-state index contributed by atoms with van der Waals surface area (Å²) in [6.07, 6.45) is -0.928. The fourth-order valence-electron chi connectivity index (χ4n) is 2.17. The monoisotopic (exact) mass is 343 g/mol. The third kappa shape index (κ3) is 4.97. The van der Waals surface area contributed by atoms with E-state index in [1.165, 1.54) is 27.2 Å². The molecule has 0 aromatic heterocycles. The number of esters is 1. The lowest BCUT2D eigenvalue weighted by atomic mass is 10.2. The number of amides is 1. The molecular formula is C19H21NO5. The van der Waals surface area contributed by atoms with Gasteiger partial charge >= 0.3 is 5.97 Å². The van der Waals surface area contributed by atoms with E-state index in [2.05, 4.69) is 5.32 Å². The predicted octanol–water partition coefficient (Wildman–Crippen LogP) is 2.57. The van der Waals surface area contributed by atoms with Crippen molar-refractivity contribution in [2.24, 2.45) is 0 Å². The van der Waals surface area contributed by atoms with Crippen LogP contribution < -0.4 is 14.8 Å². The molecule has 132 valence electrons. The predicted molar refractivity (Wildman–Crippen MR) is 92.7 cm³/mol. The fourth-order valence-corrected chi connectivity index (χ4v) is 2.17. The number of hydrogen-bond acceptors (Lipinski definition) is 5. The first-order valence-corrected chi connectivity index (χ1v) is 7.79. The van der Waals surface area contributed by atoms with Gasteiger partial charge in [0.2, 0.25) is 0 Å². The SMILES string of the molecule is COc1ccc(C(=O)O[C@@H](C)C(=O)NCc2ccccc2)c(OC)c1. The van der Waals surface area contributed by atoms with Gasteiger partial charge in [-0.05, 0) is 24.6 Å². The zero-order valence-electron chi connectivity index (χ0n) is 14.4. The Kier molecular flexibility index (Phi) is 6.39. The molecular weight excluding hydrogens is 322 g/mol. The lowest BCUT2D eigenvalue weighted by Gasteiger charge is -2.15. The Morgan fingerprint density at radius 1 is 1.04 bits per heavy atom. The van der Waals surface area contributed by atoms with E-state index >= 15 is 0 Å². The minimum absolute atomic E-state index is 0.228. The van der Waals surface area contributed by atoms with Crippen LogP contribution in [0.4, 0.5) is 0 Å². The molecule has 0 heterocycles. The Hall–Kier alpha value is -3.02. The summed E-state index contributed by atoms with van der Waals surface area (Å²) in [5.41, 5.74) is 1.19. The summed E-state index contributed by atoms with van der Waals surface area (Å²) in [5, 5.41) is 2.73. The standard InChI is InChI=1S/C19H21NO5/c1-13(18(21)20-12-14-7-5-4-6-8-14)25-19(22)16-10-9-15(23-2)11-17(16)24-3/h4-11,13H,12H2,1-3H3,(H,20,21)/t13-/m0/s1. The van der Waals surface area contributed by atoms with Gasteiger partial charge in [-0.2, -0.15) is 0 Å². The molecule has 2 aromatic carbocycles. The summed E-state index contributed by atoms with van der Waals surface area (Å²) in [6, 6.07) is 14.2. The smallest absolute Gasteiger partial charge is 0.342 e. The maximum atomic E-state index is 12.3. The summed E-state index contributed by atoms with van der Waals surface area (Å²) < 4.78 is 15.5. The van der Waals surface area contributed by atoms with Crippen molar-refractivity contribution in [2.45, 2.75) is 19.6 Å². The van der Waals surface area contributed by atoms with Crippen LogP contribution in [0, 0.1) is 0 Å². The number of methoxy groups -OCH3 is 2. The van der Waals surface area contributed by atoms with E-state index in [0.29, 0.717) is 18.0 Å². The molecule has 6 heteroatoms. The van der Waals surface area contributed by atoms with Gasteiger partial charge in [0.25, 0.3) is 5.91 Å². The Morgan fingerprint density at radius 2 is 1.76 bits per heavy atom. The van der Waals surface area contributed by atoms with Crippen LogP contribution >= 0.6 is 0 Å². The molecule has 0 aliphatic carbocycles. The average Bonchev–Trinajstić information content (AvgIpc) is 2.66. The van der Waals surface area contributed by atoms with Gasteiger partial charge in [-0.1, -0.05) is 30.3 Å². The number of carbonyl (C=O) groups is 2. The first-order chi connectivity index (χ1) is 12.0. The van der Waals surface area contributed by atoms with E-state index in [0.717, 1.165) is 5.56 Å². The van der Waals surface area contributed by atoms with E-state index in [1.807, 2.05) is 30.3 Å². The van der Waals surface area contributed by atoms with Crippen LogP contribution in [0.25, 0.3) is 0 Å². The normalized spacial score (nSPS) is 11.3. The lowest BCUT2D eigenvalue weighted by molar-refractivity contribution is -0.129. The first-order valence-electron chi connectivity index (χ1n) is 7.79. The molecule has 2 aromatic rings. The second-order valence-electron chi connectivity index (χ2n) is 5.32. The Balaban J connectivity index is 1.96. The molecule has 1 N–H and O–H groups in total. The number of rotatable bonds is 7. The molecule has 0 radical (unpaired) electrons. The van der Waals surface area contributed by atoms with E-state index in [4.69, 9.17) is 14.2 Å². The van der Waals surface area contributed by atoms with Crippen molar-refractivity contribution < 1.29 is 23.8 Å². The van der Waals surface area contributed by atoms with Crippen LogP contribution in [0.5, 0.6) is 11.5 Å². The van der Waals surface area contributed by atoms with Crippen LogP contribution in [0.2, 0.25) is 0 Å². The zero-order chi connectivity index (χ0) is 18.2. The average molecular weight is 343 g/mol. The van der Waals surface area contributed by atoms with Crippen molar-refractivity contribution in [3.05, 3.63) is 59.7 Å². The second kappa shape index (κ2) is 8.73. The summed E-state index contributed by atoms with van der Waals surface area (Å²) >= 11 is 0. The first kappa shape index (κ1) is 18.3. The second-order valence-corrected chi connectivity index (χ2v) is 5.32. The maximum absolute atomic E-state index is 12.3. The number of hydrogen-bond donors (Lipinski definition) is 1. The molecule has 0 saturated heterocycles. The fraction of sp³-hybridized carbons (Fsp3) is 0.263. The third-order valence-electron chi connectivity index (χ3n) is 3.59. The molecule has 0 saturated carbocycles. The third-order valence-corrected chi connectivity index (χ3v) is 3.59.